The Morgan fingerprint density at radius 3 is 2.43 bits per heavy atom. The van der Waals surface area contributed by atoms with Crippen molar-refractivity contribution in [1.29, 1.82) is 0 Å². The third-order valence-electron chi connectivity index (χ3n) is 2.68. The minimum absolute atomic E-state index is 0.351. The molecule has 0 bridgehead atoms. The molecule has 118 valence electrons. The van der Waals surface area contributed by atoms with E-state index in [1.165, 1.54) is 25.6 Å². The van der Waals surface area contributed by atoms with Gasteiger partial charge in [-0.3, -0.25) is 9.59 Å². The summed E-state index contributed by atoms with van der Waals surface area (Å²) in [6.07, 6.45) is 1.89. The molecule has 0 heterocycles. The third kappa shape index (κ3) is 5.64. The molecule has 2 aromatic carbocycles. The number of para-hydroxylation sites is 1. The van der Waals surface area contributed by atoms with Crippen LogP contribution >= 0.6 is 11.8 Å². The molecule has 0 spiro atoms. The number of thioether (sulfide) groups is 1. The standard InChI is InChI=1S/C18H16O4S/c1-13(19)21-16-7-5-6-15(12-16)10-11-23-18-9-4-3-8-17(18)22-14(2)20/h3-12H,1-2H3/b11-10-. The molecule has 5 heteroatoms. The zero-order valence-electron chi connectivity index (χ0n) is 12.8. The molecule has 0 aliphatic rings. The number of ether oxygens (including phenoxy) is 2. The predicted molar refractivity (Wildman–Crippen MR) is 90.4 cm³/mol. The zero-order chi connectivity index (χ0) is 16.7. The van der Waals surface area contributed by atoms with E-state index in [-0.39, 0.29) is 11.9 Å². The van der Waals surface area contributed by atoms with Gasteiger partial charge in [0, 0.05) is 13.8 Å². The van der Waals surface area contributed by atoms with Gasteiger partial charge in [-0.15, -0.1) is 0 Å². The van der Waals surface area contributed by atoms with Gasteiger partial charge in [-0.25, -0.2) is 0 Å². The fourth-order valence-corrected chi connectivity index (χ4v) is 2.58. The Bertz CT molecular complexity index is 737. The Kier molecular flexibility index (Phi) is 6.00. The molecule has 0 fully saturated rings. The number of esters is 2. The normalized spacial score (nSPS) is 10.5. The highest BCUT2D eigenvalue weighted by molar-refractivity contribution is 8.02. The molecule has 0 saturated heterocycles. The maximum Gasteiger partial charge on any atom is 0.308 e. The Morgan fingerprint density at radius 2 is 1.70 bits per heavy atom. The van der Waals surface area contributed by atoms with E-state index in [2.05, 4.69) is 0 Å². The van der Waals surface area contributed by atoms with Gasteiger partial charge in [-0.1, -0.05) is 36.0 Å². The topological polar surface area (TPSA) is 52.6 Å². The molecule has 4 nitrogen and oxygen atoms in total. The van der Waals surface area contributed by atoms with Gasteiger partial charge in [0.25, 0.3) is 0 Å². The Morgan fingerprint density at radius 1 is 0.957 bits per heavy atom. The molecule has 0 atom stereocenters. The van der Waals surface area contributed by atoms with Crippen molar-refractivity contribution in [3.8, 4) is 11.5 Å². The van der Waals surface area contributed by atoms with Crippen LogP contribution < -0.4 is 9.47 Å². The highest BCUT2D eigenvalue weighted by Gasteiger charge is 2.04. The van der Waals surface area contributed by atoms with E-state index in [1.54, 1.807) is 18.2 Å². The van der Waals surface area contributed by atoms with Gasteiger partial charge in [-0.2, -0.15) is 0 Å². The molecular formula is C18H16O4S. The predicted octanol–water partition coefficient (Wildman–Crippen LogP) is 4.30. The largest absolute Gasteiger partial charge is 0.427 e. The van der Waals surface area contributed by atoms with Crippen molar-refractivity contribution >= 4 is 29.8 Å². The van der Waals surface area contributed by atoms with Crippen LogP contribution in [0.3, 0.4) is 0 Å². The van der Waals surface area contributed by atoms with Crippen LogP contribution in [0.4, 0.5) is 0 Å². The van der Waals surface area contributed by atoms with Crippen LogP contribution in [0, 0.1) is 0 Å². The van der Waals surface area contributed by atoms with Crippen LogP contribution in [0.25, 0.3) is 6.08 Å². The first kappa shape index (κ1) is 16.8. The summed E-state index contributed by atoms with van der Waals surface area (Å²) in [4.78, 5) is 22.9. The number of carbonyl (C=O) groups excluding carboxylic acids is 2. The number of rotatable bonds is 5. The van der Waals surface area contributed by atoms with Gasteiger partial charge in [0.05, 0.1) is 4.90 Å². The molecule has 0 amide bonds. The second kappa shape index (κ2) is 8.19. The summed E-state index contributed by atoms with van der Waals surface area (Å²) < 4.78 is 10.2. The molecule has 23 heavy (non-hydrogen) atoms. The summed E-state index contributed by atoms with van der Waals surface area (Å²) >= 11 is 1.44. The van der Waals surface area contributed by atoms with Gasteiger partial charge in [0.15, 0.2) is 0 Å². The maximum atomic E-state index is 11.1. The van der Waals surface area contributed by atoms with Crippen molar-refractivity contribution < 1.29 is 19.1 Å². The maximum absolute atomic E-state index is 11.1. The second-order valence-corrected chi connectivity index (χ2v) is 5.57. The average molecular weight is 328 g/mol. The number of benzene rings is 2. The van der Waals surface area contributed by atoms with Gasteiger partial charge < -0.3 is 9.47 Å². The van der Waals surface area contributed by atoms with E-state index in [9.17, 15) is 9.59 Å². The summed E-state index contributed by atoms with van der Waals surface area (Å²) in [5.74, 6) is 0.334. The highest BCUT2D eigenvalue weighted by atomic mass is 32.2. The first-order chi connectivity index (χ1) is 11.0. The summed E-state index contributed by atoms with van der Waals surface area (Å²) in [6.45, 7) is 2.74. The third-order valence-corrected chi connectivity index (χ3v) is 3.54. The Labute approximate surface area is 139 Å². The van der Waals surface area contributed by atoms with E-state index in [4.69, 9.17) is 9.47 Å². The second-order valence-electron chi connectivity index (χ2n) is 4.63. The number of carbonyl (C=O) groups is 2. The van der Waals surface area contributed by atoms with Crippen LogP contribution in [-0.4, -0.2) is 11.9 Å². The molecule has 2 aromatic rings. The summed E-state index contributed by atoms with van der Waals surface area (Å²) in [6, 6.07) is 14.5. The van der Waals surface area contributed by atoms with Crippen LogP contribution in [0.1, 0.15) is 19.4 Å². The van der Waals surface area contributed by atoms with E-state index in [0.717, 1.165) is 10.5 Å². The highest BCUT2D eigenvalue weighted by Crippen LogP contribution is 2.30. The van der Waals surface area contributed by atoms with Crippen molar-refractivity contribution in [3.05, 3.63) is 59.5 Å². The summed E-state index contributed by atoms with van der Waals surface area (Å²) in [5, 5.41) is 1.88. The lowest BCUT2D eigenvalue weighted by Crippen LogP contribution is -2.01. The van der Waals surface area contributed by atoms with Gasteiger partial charge >= 0.3 is 11.9 Å². The Balaban J connectivity index is 2.07. The molecule has 0 saturated carbocycles. The molecule has 0 aliphatic carbocycles. The van der Waals surface area contributed by atoms with Gasteiger partial charge in [0.1, 0.15) is 11.5 Å². The van der Waals surface area contributed by atoms with Gasteiger partial charge in [-0.05, 0) is 41.3 Å². The molecule has 0 unspecified atom stereocenters. The average Bonchev–Trinajstić information content (AvgIpc) is 2.48. The van der Waals surface area contributed by atoms with Crippen molar-refractivity contribution in [2.24, 2.45) is 0 Å². The summed E-state index contributed by atoms with van der Waals surface area (Å²) in [5.41, 5.74) is 0.904. The minimum Gasteiger partial charge on any atom is -0.427 e. The molecule has 0 radical (unpaired) electrons. The van der Waals surface area contributed by atoms with Crippen molar-refractivity contribution in [1.82, 2.24) is 0 Å². The molecule has 0 aromatic heterocycles. The van der Waals surface area contributed by atoms with E-state index >= 15 is 0 Å². The van der Waals surface area contributed by atoms with Crippen LogP contribution in [0.5, 0.6) is 11.5 Å². The van der Waals surface area contributed by atoms with Crippen molar-refractivity contribution in [2.75, 3.05) is 0 Å². The Hall–Kier alpha value is -2.53. The lowest BCUT2D eigenvalue weighted by Gasteiger charge is -2.06. The lowest BCUT2D eigenvalue weighted by atomic mass is 10.2. The van der Waals surface area contributed by atoms with Gasteiger partial charge in [0.2, 0.25) is 0 Å². The number of hydrogen-bond donors (Lipinski definition) is 0. The fraction of sp³-hybridized carbons (Fsp3) is 0.111. The molecular weight excluding hydrogens is 312 g/mol. The minimum atomic E-state index is -0.351. The molecule has 0 N–H and O–H groups in total. The van der Waals surface area contributed by atoms with Crippen LogP contribution in [0.2, 0.25) is 0 Å². The molecule has 0 aliphatic heterocycles. The smallest absolute Gasteiger partial charge is 0.308 e. The van der Waals surface area contributed by atoms with Crippen molar-refractivity contribution in [2.45, 2.75) is 18.7 Å². The monoisotopic (exact) mass is 328 g/mol. The fourth-order valence-electron chi connectivity index (χ4n) is 1.82. The van der Waals surface area contributed by atoms with E-state index < -0.39 is 0 Å². The molecule has 2 rings (SSSR count). The van der Waals surface area contributed by atoms with Crippen molar-refractivity contribution in [3.63, 3.8) is 0 Å². The van der Waals surface area contributed by atoms with E-state index in [0.29, 0.717) is 11.5 Å². The first-order valence-electron chi connectivity index (χ1n) is 6.94. The van der Waals surface area contributed by atoms with E-state index in [1.807, 2.05) is 41.8 Å². The lowest BCUT2D eigenvalue weighted by molar-refractivity contribution is -0.132. The quantitative estimate of drug-likeness (QED) is 0.465. The SMILES string of the molecule is CC(=O)Oc1cccc(/C=C\Sc2ccccc2OC(C)=O)c1. The summed E-state index contributed by atoms with van der Waals surface area (Å²) in [7, 11) is 0. The van der Waals surface area contributed by atoms with Crippen LogP contribution in [-0.2, 0) is 9.59 Å². The zero-order valence-corrected chi connectivity index (χ0v) is 13.6. The first-order valence-corrected chi connectivity index (χ1v) is 7.81. The number of hydrogen-bond acceptors (Lipinski definition) is 5. The van der Waals surface area contributed by atoms with Crippen LogP contribution in [0.15, 0.2) is 58.8 Å².